The van der Waals surface area contributed by atoms with Gasteiger partial charge in [-0.3, -0.25) is 14.9 Å². The molecule has 1 aromatic carbocycles. The number of alkyl halides is 5. The predicted molar refractivity (Wildman–Crippen MR) is 94.1 cm³/mol. The molecular formula is C15H8Cl2F3N3O2S. The smallest absolute Gasteiger partial charge is 0.355 e. The molecule has 0 bridgehead atoms. The van der Waals surface area contributed by atoms with Gasteiger partial charge in [0.15, 0.2) is 5.13 Å². The van der Waals surface area contributed by atoms with Gasteiger partial charge in [-0.15, -0.1) is 11.3 Å². The summed E-state index contributed by atoms with van der Waals surface area (Å²) in [6, 6.07) is 2.58. The third-order valence-electron chi connectivity index (χ3n) is 3.46. The Morgan fingerprint density at radius 2 is 2.04 bits per heavy atom. The molecule has 3 aromatic rings. The van der Waals surface area contributed by atoms with Crippen LogP contribution in [-0.4, -0.2) is 15.9 Å². The molecule has 2 N–H and O–H groups in total. The number of carbonyl (C=O) groups excluding carboxylic acids is 1. The molecule has 0 aliphatic carbocycles. The lowest BCUT2D eigenvalue weighted by Crippen LogP contribution is -2.25. The second kappa shape index (κ2) is 6.90. The Balaban J connectivity index is 2.21. The fourth-order valence-electron chi connectivity index (χ4n) is 2.32. The van der Waals surface area contributed by atoms with E-state index in [1.807, 2.05) is 0 Å². The van der Waals surface area contributed by atoms with Crippen molar-refractivity contribution in [3.05, 3.63) is 56.8 Å². The summed E-state index contributed by atoms with van der Waals surface area (Å²) in [5.41, 5.74) is -2.43. The predicted octanol–water partition coefficient (Wildman–Crippen LogP) is 4.73. The summed E-state index contributed by atoms with van der Waals surface area (Å²) in [4.78, 5) is 30.4. The average molecular weight is 422 g/mol. The number of hydrogen-bond acceptors (Lipinski definition) is 4. The van der Waals surface area contributed by atoms with E-state index in [0.29, 0.717) is 6.07 Å². The molecule has 26 heavy (non-hydrogen) atoms. The minimum Gasteiger partial charge on any atom is -0.355 e. The fourth-order valence-corrected chi connectivity index (χ4v) is 3.17. The lowest BCUT2D eigenvalue weighted by Gasteiger charge is -2.13. The Labute approximate surface area is 157 Å². The summed E-state index contributed by atoms with van der Waals surface area (Å²) in [7, 11) is 0. The van der Waals surface area contributed by atoms with Crippen LogP contribution in [0.25, 0.3) is 10.9 Å². The number of thiazole rings is 1. The minimum absolute atomic E-state index is 0.0788. The molecule has 136 valence electrons. The lowest BCUT2D eigenvalue weighted by atomic mass is 10.1. The minimum atomic E-state index is -4.63. The standard InChI is InChI=1S/C15H8Cl2F3N3O2S/c16-12(17)10-9(13(25)23-14-21-3-4-26-14)11(24)7-5-6(15(18,19)20)1-2-8(7)22-10/h1-5,12H,(H,22,24)(H,21,23,25). The number of hydrogen-bond donors (Lipinski definition) is 2. The summed E-state index contributed by atoms with van der Waals surface area (Å²) in [5, 5.41) is 3.90. The Morgan fingerprint density at radius 3 is 2.62 bits per heavy atom. The highest BCUT2D eigenvalue weighted by molar-refractivity contribution is 7.13. The lowest BCUT2D eigenvalue weighted by molar-refractivity contribution is -0.137. The largest absolute Gasteiger partial charge is 0.416 e. The van der Waals surface area contributed by atoms with Gasteiger partial charge in [-0.25, -0.2) is 4.98 Å². The molecule has 1 amide bonds. The molecule has 0 saturated carbocycles. The van der Waals surface area contributed by atoms with Crippen LogP contribution < -0.4 is 10.7 Å². The summed E-state index contributed by atoms with van der Waals surface area (Å²) in [6.45, 7) is 0. The number of carbonyl (C=O) groups is 1. The van der Waals surface area contributed by atoms with Crippen LogP contribution in [0.4, 0.5) is 18.3 Å². The van der Waals surface area contributed by atoms with Gasteiger partial charge in [0.25, 0.3) is 5.91 Å². The van der Waals surface area contributed by atoms with E-state index in [2.05, 4.69) is 15.3 Å². The van der Waals surface area contributed by atoms with Gasteiger partial charge in [0, 0.05) is 22.5 Å². The van der Waals surface area contributed by atoms with Gasteiger partial charge in [-0.1, -0.05) is 23.2 Å². The van der Waals surface area contributed by atoms with Crippen LogP contribution in [0.5, 0.6) is 0 Å². The third kappa shape index (κ3) is 3.55. The topological polar surface area (TPSA) is 74.8 Å². The monoisotopic (exact) mass is 421 g/mol. The first kappa shape index (κ1) is 18.7. The van der Waals surface area contributed by atoms with Crippen molar-refractivity contribution < 1.29 is 18.0 Å². The van der Waals surface area contributed by atoms with Gasteiger partial charge in [0.2, 0.25) is 5.43 Å². The summed E-state index contributed by atoms with van der Waals surface area (Å²) >= 11 is 12.8. The van der Waals surface area contributed by atoms with Crippen molar-refractivity contribution in [1.82, 2.24) is 9.97 Å². The van der Waals surface area contributed by atoms with Gasteiger partial charge in [0.05, 0.1) is 11.3 Å². The number of fused-ring (bicyclic) bond motifs is 1. The number of benzene rings is 1. The van der Waals surface area contributed by atoms with Crippen molar-refractivity contribution in [1.29, 1.82) is 0 Å². The molecule has 0 unspecified atom stereocenters. The van der Waals surface area contributed by atoms with Crippen molar-refractivity contribution in [2.24, 2.45) is 0 Å². The number of nitrogens with zero attached hydrogens (tertiary/aromatic N) is 1. The van der Waals surface area contributed by atoms with Crippen molar-refractivity contribution in [2.45, 2.75) is 11.0 Å². The van der Waals surface area contributed by atoms with Gasteiger partial charge < -0.3 is 4.98 Å². The molecule has 0 spiro atoms. The Morgan fingerprint density at radius 1 is 1.31 bits per heavy atom. The molecule has 0 aliphatic rings. The first-order valence-corrected chi connectivity index (χ1v) is 8.70. The van der Waals surface area contributed by atoms with Gasteiger partial charge >= 0.3 is 6.18 Å². The van der Waals surface area contributed by atoms with Crippen molar-refractivity contribution >= 4 is 56.5 Å². The van der Waals surface area contributed by atoms with E-state index in [0.717, 1.165) is 23.5 Å². The molecule has 0 saturated heterocycles. The average Bonchev–Trinajstić information content (AvgIpc) is 3.06. The van der Waals surface area contributed by atoms with Crippen LogP contribution in [0.3, 0.4) is 0 Å². The zero-order chi connectivity index (χ0) is 19.1. The number of H-pyrrole nitrogens is 1. The first-order chi connectivity index (χ1) is 12.2. The van der Waals surface area contributed by atoms with Crippen molar-refractivity contribution in [3.8, 4) is 0 Å². The number of halogens is 5. The number of nitrogens with one attached hydrogen (secondary N) is 2. The summed E-state index contributed by atoms with van der Waals surface area (Å²) in [6.07, 6.45) is -3.20. The van der Waals surface area contributed by atoms with E-state index in [-0.39, 0.29) is 21.7 Å². The molecule has 0 aliphatic heterocycles. The van der Waals surface area contributed by atoms with E-state index in [1.54, 1.807) is 5.38 Å². The molecule has 0 fully saturated rings. The SMILES string of the molecule is O=C(Nc1nccs1)c1c(C(Cl)Cl)[nH]c2ccc(C(F)(F)F)cc2c1=O. The molecule has 0 atom stereocenters. The number of amides is 1. The Bertz CT molecular complexity index is 1030. The van der Waals surface area contributed by atoms with Crippen LogP contribution in [0.1, 0.15) is 26.5 Å². The summed E-state index contributed by atoms with van der Waals surface area (Å²) in [5.74, 6) is -0.873. The number of aromatic amines is 1. The molecule has 5 nitrogen and oxygen atoms in total. The number of pyridine rings is 1. The molecule has 11 heteroatoms. The molecule has 2 heterocycles. The molecular weight excluding hydrogens is 414 g/mol. The molecule has 0 radical (unpaired) electrons. The highest BCUT2D eigenvalue weighted by atomic mass is 35.5. The first-order valence-electron chi connectivity index (χ1n) is 6.94. The van der Waals surface area contributed by atoms with Crippen LogP contribution in [-0.2, 0) is 6.18 Å². The zero-order valence-corrected chi connectivity index (χ0v) is 14.9. The fraction of sp³-hybridized carbons (Fsp3) is 0.133. The quantitative estimate of drug-likeness (QED) is 0.600. The zero-order valence-electron chi connectivity index (χ0n) is 12.5. The van der Waals surface area contributed by atoms with E-state index in [4.69, 9.17) is 23.2 Å². The van der Waals surface area contributed by atoms with Gasteiger partial charge in [0.1, 0.15) is 10.4 Å². The number of anilines is 1. The second-order valence-corrected chi connectivity index (χ2v) is 7.08. The van der Waals surface area contributed by atoms with Crippen LogP contribution in [0.15, 0.2) is 34.6 Å². The molecule has 3 rings (SSSR count). The normalized spacial score (nSPS) is 11.9. The van der Waals surface area contributed by atoms with Crippen LogP contribution in [0.2, 0.25) is 0 Å². The summed E-state index contributed by atoms with van der Waals surface area (Å²) < 4.78 is 38.8. The highest BCUT2D eigenvalue weighted by Crippen LogP contribution is 2.32. The third-order valence-corrected chi connectivity index (χ3v) is 4.58. The van der Waals surface area contributed by atoms with Gasteiger partial charge in [-0.05, 0) is 18.2 Å². The maximum atomic E-state index is 12.9. The highest BCUT2D eigenvalue weighted by Gasteiger charge is 2.31. The maximum Gasteiger partial charge on any atom is 0.416 e. The van der Waals surface area contributed by atoms with E-state index in [1.165, 1.54) is 6.20 Å². The van der Waals surface area contributed by atoms with Gasteiger partial charge in [-0.2, -0.15) is 13.2 Å². The van der Waals surface area contributed by atoms with Crippen molar-refractivity contribution in [3.63, 3.8) is 0 Å². The Hall–Kier alpha value is -2.10. The maximum absolute atomic E-state index is 12.9. The molecule has 2 aromatic heterocycles. The number of aromatic nitrogens is 2. The Kier molecular flexibility index (Phi) is 4.96. The van der Waals surface area contributed by atoms with Crippen molar-refractivity contribution in [2.75, 3.05) is 5.32 Å². The van der Waals surface area contributed by atoms with E-state index >= 15 is 0 Å². The second-order valence-electron chi connectivity index (χ2n) is 5.09. The number of rotatable bonds is 3. The van der Waals surface area contributed by atoms with Crippen LogP contribution >= 0.6 is 34.5 Å². The van der Waals surface area contributed by atoms with Crippen LogP contribution in [0, 0.1) is 0 Å². The van der Waals surface area contributed by atoms with E-state index in [9.17, 15) is 22.8 Å². The van der Waals surface area contributed by atoms with E-state index < -0.39 is 33.5 Å².